The van der Waals surface area contributed by atoms with Gasteiger partial charge in [0.2, 0.25) is 0 Å². The van der Waals surface area contributed by atoms with Gasteiger partial charge in [-0.2, -0.15) is 0 Å². The minimum Gasteiger partial charge on any atom is -0.265 e. The fourth-order valence-electron chi connectivity index (χ4n) is 7.28. The molecule has 0 radical (unpaired) electrons. The van der Waals surface area contributed by atoms with Crippen LogP contribution in [0.5, 0.6) is 0 Å². The summed E-state index contributed by atoms with van der Waals surface area (Å²) in [5.41, 5.74) is 11.8. The smallest absolute Gasteiger partial charge is 0.164 e. The topological polar surface area (TPSA) is 90.2 Å². The van der Waals surface area contributed by atoms with Gasteiger partial charge in [-0.1, -0.05) is 170 Å². The van der Waals surface area contributed by atoms with Gasteiger partial charge in [0, 0.05) is 45.8 Å². The first-order valence-corrected chi connectivity index (χ1v) is 19.7. The van der Waals surface area contributed by atoms with Gasteiger partial charge in [0.05, 0.1) is 0 Å². The monoisotopic (exact) mass is 769 g/mol. The van der Waals surface area contributed by atoms with Gasteiger partial charge in [-0.25, -0.2) is 29.9 Å². The molecule has 282 valence electrons. The molecule has 0 aliphatic heterocycles. The van der Waals surface area contributed by atoms with Crippen LogP contribution in [0.4, 0.5) is 0 Å². The Morgan fingerprint density at radius 1 is 0.200 bits per heavy atom. The van der Waals surface area contributed by atoms with Crippen molar-refractivity contribution in [2.45, 2.75) is 0 Å². The highest BCUT2D eigenvalue weighted by atomic mass is 15.0. The van der Waals surface area contributed by atoms with Crippen LogP contribution in [0.15, 0.2) is 213 Å². The van der Waals surface area contributed by atoms with E-state index in [1.165, 1.54) is 0 Å². The molecule has 7 aromatic carbocycles. The lowest BCUT2D eigenvalue weighted by Crippen LogP contribution is -2.00. The molecule has 3 heterocycles. The van der Waals surface area contributed by atoms with Crippen LogP contribution in [0.2, 0.25) is 0 Å². The van der Waals surface area contributed by atoms with E-state index in [1.807, 2.05) is 146 Å². The SMILES string of the molecule is c1ccc(-c2nc(-c3ccccc3)nc(-c3cccc(-c4ccc(-c5cccc(-c6nc(-c7ccccc7)nc(-c7ccccc7)n6)c5)c(-c5ccncc5)c4)c3)n2)cc1. The molecule has 0 unspecified atom stereocenters. The molecule has 0 spiro atoms. The maximum atomic E-state index is 5.00. The van der Waals surface area contributed by atoms with Crippen LogP contribution in [0.1, 0.15) is 0 Å². The molecular formula is C53H35N7. The molecule has 0 saturated heterocycles. The molecule has 10 rings (SSSR count). The number of hydrogen-bond donors (Lipinski definition) is 0. The summed E-state index contributed by atoms with van der Waals surface area (Å²) in [4.78, 5) is 34.1. The van der Waals surface area contributed by atoms with Gasteiger partial charge in [0.1, 0.15) is 0 Å². The lowest BCUT2D eigenvalue weighted by atomic mass is 9.90. The summed E-state index contributed by atoms with van der Waals surface area (Å²) in [5, 5.41) is 0. The Morgan fingerprint density at radius 3 is 0.967 bits per heavy atom. The van der Waals surface area contributed by atoms with Crippen molar-refractivity contribution < 1.29 is 0 Å². The molecule has 3 aromatic heterocycles. The molecule has 0 bridgehead atoms. The molecule has 10 aromatic rings. The second kappa shape index (κ2) is 16.3. The Hall–Kier alpha value is -8.29. The van der Waals surface area contributed by atoms with Crippen molar-refractivity contribution >= 4 is 0 Å². The van der Waals surface area contributed by atoms with E-state index in [0.29, 0.717) is 34.9 Å². The molecule has 0 atom stereocenters. The average molecular weight is 770 g/mol. The van der Waals surface area contributed by atoms with Crippen LogP contribution < -0.4 is 0 Å². The largest absolute Gasteiger partial charge is 0.265 e. The van der Waals surface area contributed by atoms with E-state index in [4.69, 9.17) is 29.9 Å². The van der Waals surface area contributed by atoms with Crippen molar-refractivity contribution in [1.82, 2.24) is 34.9 Å². The van der Waals surface area contributed by atoms with Crippen molar-refractivity contribution in [3.05, 3.63) is 213 Å². The highest BCUT2D eigenvalue weighted by Crippen LogP contribution is 2.38. The molecule has 60 heavy (non-hydrogen) atoms. The van der Waals surface area contributed by atoms with E-state index >= 15 is 0 Å². The fourth-order valence-corrected chi connectivity index (χ4v) is 7.28. The summed E-state index contributed by atoms with van der Waals surface area (Å²) >= 11 is 0. The molecule has 0 saturated carbocycles. The predicted molar refractivity (Wildman–Crippen MR) is 240 cm³/mol. The van der Waals surface area contributed by atoms with E-state index in [2.05, 4.69) is 71.7 Å². The molecule has 0 fully saturated rings. The standard InChI is InChI=1S/C53H35N7/c1-5-15-37(16-6-1)48-55-49(38-17-7-2-8-18-38)58-52(57-48)44-25-13-23-41(33-44)42-27-28-46(47(35-42)36-29-31-54-32-30-36)43-24-14-26-45(34-43)53-59-50(39-19-9-3-10-20-39)56-51(60-53)40-21-11-4-12-22-40/h1-35H. The summed E-state index contributed by atoms with van der Waals surface area (Å²) in [6.07, 6.45) is 3.67. The van der Waals surface area contributed by atoms with Gasteiger partial charge in [0.15, 0.2) is 34.9 Å². The van der Waals surface area contributed by atoms with E-state index in [9.17, 15) is 0 Å². The molecule has 7 nitrogen and oxygen atoms in total. The van der Waals surface area contributed by atoms with Crippen LogP contribution >= 0.6 is 0 Å². The van der Waals surface area contributed by atoms with Crippen LogP contribution in [-0.4, -0.2) is 34.9 Å². The third-order valence-corrected chi connectivity index (χ3v) is 10.3. The van der Waals surface area contributed by atoms with E-state index in [0.717, 1.165) is 66.8 Å². The second-order valence-electron chi connectivity index (χ2n) is 14.2. The predicted octanol–water partition coefficient (Wildman–Crippen LogP) is 12.5. The van der Waals surface area contributed by atoms with Crippen molar-refractivity contribution in [3.8, 4) is 102 Å². The van der Waals surface area contributed by atoms with E-state index in [-0.39, 0.29) is 0 Å². The highest BCUT2D eigenvalue weighted by Gasteiger charge is 2.17. The molecule has 0 amide bonds. The lowest BCUT2D eigenvalue weighted by molar-refractivity contribution is 1.07. The number of benzene rings is 7. The number of pyridine rings is 1. The third-order valence-electron chi connectivity index (χ3n) is 10.3. The van der Waals surface area contributed by atoms with Crippen molar-refractivity contribution in [2.24, 2.45) is 0 Å². The normalized spacial score (nSPS) is 11.0. The Morgan fingerprint density at radius 2 is 0.533 bits per heavy atom. The Bertz CT molecular complexity index is 2950. The van der Waals surface area contributed by atoms with Gasteiger partial charge in [-0.3, -0.25) is 4.98 Å². The Balaban J connectivity index is 1.06. The van der Waals surface area contributed by atoms with Crippen LogP contribution in [0, 0.1) is 0 Å². The van der Waals surface area contributed by atoms with Crippen LogP contribution in [0.25, 0.3) is 102 Å². The zero-order chi connectivity index (χ0) is 40.1. The zero-order valence-corrected chi connectivity index (χ0v) is 32.3. The minimum absolute atomic E-state index is 0.604. The average Bonchev–Trinajstić information content (AvgIpc) is 3.35. The van der Waals surface area contributed by atoms with Gasteiger partial charge in [0.25, 0.3) is 0 Å². The Kier molecular flexibility index (Phi) is 9.79. The molecule has 0 aliphatic carbocycles. The third kappa shape index (κ3) is 7.58. The summed E-state index contributed by atoms with van der Waals surface area (Å²) in [6.45, 7) is 0. The summed E-state index contributed by atoms with van der Waals surface area (Å²) in [6, 6.07) is 67.7. The first-order chi connectivity index (χ1) is 29.7. The van der Waals surface area contributed by atoms with Gasteiger partial charge in [-0.05, 0) is 63.7 Å². The molecular weight excluding hydrogens is 735 g/mol. The fraction of sp³-hybridized carbons (Fsp3) is 0. The summed E-state index contributed by atoms with van der Waals surface area (Å²) < 4.78 is 0. The first-order valence-electron chi connectivity index (χ1n) is 19.7. The van der Waals surface area contributed by atoms with Crippen LogP contribution in [0.3, 0.4) is 0 Å². The van der Waals surface area contributed by atoms with E-state index < -0.39 is 0 Å². The number of nitrogens with zero attached hydrogens (tertiary/aromatic N) is 7. The van der Waals surface area contributed by atoms with Crippen molar-refractivity contribution in [2.75, 3.05) is 0 Å². The second-order valence-corrected chi connectivity index (χ2v) is 14.2. The number of aromatic nitrogens is 7. The summed E-state index contributed by atoms with van der Waals surface area (Å²) in [7, 11) is 0. The molecule has 7 heteroatoms. The van der Waals surface area contributed by atoms with Crippen molar-refractivity contribution in [3.63, 3.8) is 0 Å². The highest BCUT2D eigenvalue weighted by molar-refractivity contribution is 5.88. The minimum atomic E-state index is 0.604. The van der Waals surface area contributed by atoms with Gasteiger partial charge < -0.3 is 0 Å². The van der Waals surface area contributed by atoms with E-state index in [1.54, 1.807) is 0 Å². The molecule has 0 N–H and O–H groups in total. The maximum absolute atomic E-state index is 5.00. The number of hydrogen-bond acceptors (Lipinski definition) is 7. The summed E-state index contributed by atoms with van der Waals surface area (Å²) in [5.74, 6) is 3.71. The van der Waals surface area contributed by atoms with Crippen LogP contribution in [-0.2, 0) is 0 Å². The first kappa shape index (κ1) is 36.1. The quantitative estimate of drug-likeness (QED) is 0.144. The lowest BCUT2D eigenvalue weighted by Gasteiger charge is -2.15. The van der Waals surface area contributed by atoms with Crippen molar-refractivity contribution in [1.29, 1.82) is 0 Å². The maximum Gasteiger partial charge on any atom is 0.164 e. The Labute approximate surface area is 347 Å². The number of rotatable bonds is 9. The van der Waals surface area contributed by atoms with Gasteiger partial charge in [-0.15, -0.1) is 0 Å². The molecule has 0 aliphatic rings. The van der Waals surface area contributed by atoms with Gasteiger partial charge >= 0.3 is 0 Å². The zero-order valence-electron chi connectivity index (χ0n) is 32.3.